The van der Waals surface area contributed by atoms with Gasteiger partial charge in [0.05, 0.1) is 5.25 Å². The molecule has 0 aromatic carbocycles. The Morgan fingerprint density at radius 2 is 2.08 bits per heavy atom. The molecule has 24 heavy (non-hydrogen) atoms. The van der Waals surface area contributed by atoms with E-state index in [9.17, 15) is 9.59 Å². The van der Waals surface area contributed by atoms with Gasteiger partial charge in [0, 0.05) is 24.4 Å². The molecule has 2 aromatic rings. The number of nitrogens with zero attached hydrogens (tertiary/aromatic N) is 3. The molecule has 0 spiro atoms. The first-order valence-corrected chi connectivity index (χ1v) is 9.31. The molecule has 0 fully saturated rings. The van der Waals surface area contributed by atoms with Gasteiger partial charge in [-0.25, -0.2) is 4.79 Å². The maximum atomic E-state index is 12.1. The SMILES string of the molecule is CC(C)NC(=O)NC(=O)[C@H](C)Sc1nnc(Cc2cccs2)n1C. The molecule has 9 heteroatoms. The summed E-state index contributed by atoms with van der Waals surface area (Å²) >= 11 is 2.94. The molecule has 2 heterocycles. The zero-order valence-electron chi connectivity index (χ0n) is 14.1. The topological polar surface area (TPSA) is 88.9 Å². The van der Waals surface area contributed by atoms with E-state index in [0.717, 1.165) is 5.82 Å². The number of carbonyl (C=O) groups excluding carboxylic acids is 2. The molecule has 2 rings (SSSR count). The van der Waals surface area contributed by atoms with Gasteiger partial charge < -0.3 is 9.88 Å². The second-order valence-electron chi connectivity index (χ2n) is 5.59. The van der Waals surface area contributed by atoms with Crippen molar-refractivity contribution in [3.63, 3.8) is 0 Å². The quantitative estimate of drug-likeness (QED) is 0.764. The number of thiophene rings is 1. The van der Waals surface area contributed by atoms with E-state index < -0.39 is 11.3 Å². The number of aromatic nitrogens is 3. The Balaban J connectivity index is 1.94. The van der Waals surface area contributed by atoms with E-state index in [-0.39, 0.29) is 11.9 Å². The third-order valence-electron chi connectivity index (χ3n) is 3.15. The smallest absolute Gasteiger partial charge is 0.321 e. The molecule has 2 aromatic heterocycles. The summed E-state index contributed by atoms with van der Waals surface area (Å²) in [5.74, 6) is 0.478. The zero-order chi connectivity index (χ0) is 17.7. The van der Waals surface area contributed by atoms with E-state index in [4.69, 9.17) is 0 Å². The maximum absolute atomic E-state index is 12.1. The van der Waals surface area contributed by atoms with Gasteiger partial charge in [0.15, 0.2) is 5.16 Å². The first kappa shape index (κ1) is 18.5. The van der Waals surface area contributed by atoms with Crippen LogP contribution in [0.15, 0.2) is 22.7 Å². The molecule has 0 saturated carbocycles. The molecule has 2 N–H and O–H groups in total. The van der Waals surface area contributed by atoms with Crippen LogP contribution in [-0.4, -0.2) is 38.0 Å². The van der Waals surface area contributed by atoms with Crippen molar-refractivity contribution in [2.75, 3.05) is 0 Å². The van der Waals surface area contributed by atoms with Crippen LogP contribution in [0.25, 0.3) is 0 Å². The van der Waals surface area contributed by atoms with Crippen LogP contribution >= 0.6 is 23.1 Å². The van der Waals surface area contributed by atoms with Crippen molar-refractivity contribution in [3.05, 3.63) is 28.2 Å². The third kappa shape index (κ3) is 5.07. The summed E-state index contributed by atoms with van der Waals surface area (Å²) in [4.78, 5) is 24.9. The van der Waals surface area contributed by atoms with Gasteiger partial charge in [0.1, 0.15) is 5.82 Å². The normalized spacial score (nSPS) is 12.2. The Hall–Kier alpha value is -1.87. The van der Waals surface area contributed by atoms with Crippen molar-refractivity contribution >= 4 is 35.0 Å². The number of imide groups is 1. The number of hydrogen-bond acceptors (Lipinski definition) is 6. The Labute approximate surface area is 149 Å². The average Bonchev–Trinajstić information content (AvgIpc) is 3.11. The molecular weight excluding hydrogens is 346 g/mol. The van der Waals surface area contributed by atoms with E-state index in [1.165, 1.54) is 16.6 Å². The third-order valence-corrected chi connectivity index (χ3v) is 5.16. The van der Waals surface area contributed by atoms with Crippen LogP contribution in [0.4, 0.5) is 4.79 Å². The molecule has 3 amide bonds. The second kappa shape index (κ2) is 8.29. The standard InChI is InChI=1S/C15H21N5O2S2/c1-9(2)16-14(22)17-13(21)10(3)24-15-19-18-12(20(15)4)8-11-6-5-7-23-11/h5-7,9-10H,8H2,1-4H3,(H2,16,17,21,22)/t10-/m0/s1. The number of thioether (sulfide) groups is 1. The fourth-order valence-electron chi connectivity index (χ4n) is 1.89. The molecule has 0 aliphatic carbocycles. The van der Waals surface area contributed by atoms with Crippen LogP contribution in [0, 0.1) is 0 Å². The molecular formula is C15H21N5O2S2. The van der Waals surface area contributed by atoms with Gasteiger partial charge >= 0.3 is 6.03 Å². The first-order chi connectivity index (χ1) is 11.4. The van der Waals surface area contributed by atoms with Crippen molar-refractivity contribution in [2.24, 2.45) is 7.05 Å². The molecule has 0 unspecified atom stereocenters. The van der Waals surface area contributed by atoms with Crippen molar-refractivity contribution in [1.29, 1.82) is 0 Å². The highest BCUT2D eigenvalue weighted by Gasteiger charge is 2.20. The van der Waals surface area contributed by atoms with Gasteiger partial charge in [-0.05, 0) is 32.2 Å². The molecule has 130 valence electrons. The van der Waals surface area contributed by atoms with E-state index in [2.05, 4.69) is 26.9 Å². The second-order valence-corrected chi connectivity index (χ2v) is 7.93. The average molecular weight is 368 g/mol. The number of urea groups is 1. The lowest BCUT2D eigenvalue weighted by Crippen LogP contribution is -2.45. The summed E-state index contributed by atoms with van der Waals surface area (Å²) in [5, 5.41) is 15.5. The zero-order valence-corrected chi connectivity index (χ0v) is 15.7. The largest absolute Gasteiger partial charge is 0.336 e. The van der Waals surface area contributed by atoms with Crippen LogP contribution in [0.3, 0.4) is 0 Å². The fraction of sp³-hybridized carbons (Fsp3) is 0.467. The minimum Gasteiger partial charge on any atom is -0.336 e. The van der Waals surface area contributed by atoms with Crippen molar-refractivity contribution in [2.45, 2.75) is 43.6 Å². The van der Waals surface area contributed by atoms with Crippen LogP contribution < -0.4 is 10.6 Å². The van der Waals surface area contributed by atoms with E-state index >= 15 is 0 Å². The maximum Gasteiger partial charge on any atom is 0.321 e. The number of nitrogens with one attached hydrogen (secondary N) is 2. The highest BCUT2D eigenvalue weighted by molar-refractivity contribution is 8.00. The molecule has 1 atom stereocenters. The molecule has 0 bridgehead atoms. The summed E-state index contributed by atoms with van der Waals surface area (Å²) < 4.78 is 1.88. The minimum atomic E-state index is -0.487. The van der Waals surface area contributed by atoms with Crippen LogP contribution in [0.2, 0.25) is 0 Å². The predicted octanol–water partition coefficient (Wildman–Crippen LogP) is 2.18. The summed E-state index contributed by atoms with van der Waals surface area (Å²) in [7, 11) is 1.88. The predicted molar refractivity (Wildman–Crippen MR) is 95.3 cm³/mol. The number of rotatable bonds is 6. The van der Waals surface area contributed by atoms with Crippen LogP contribution in [-0.2, 0) is 18.3 Å². The summed E-state index contributed by atoms with van der Waals surface area (Å²) in [5.41, 5.74) is 0. The summed E-state index contributed by atoms with van der Waals surface area (Å²) in [6.45, 7) is 5.39. The van der Waals surface area contributed by atoms with Crippen molar-refractivity contribution in [3.8, 4) is 0 Å². The van der Waals surface area contributed by atoms with E-state index in [0.29, 0.717) is 11.6 Å². The Kier molecular flexibility index (Phi) is 6.38. The monoisotopic (exact) mass is 367 g/mol. The molecule has 7 nitrogen and oxygen atoms in total. The number of carbonyl (C=O) groups is 2. The Bertz CT molecular complexity index is 697. The van der Waals surface area contributed by atoms with Gasteiger partial charge in [0.2, 0.25) is 5.91 Å². The highest BCUT2D eigenvalue weighted by Crippen LogP contribution is 2.23. The summed E-state index contributed by atoms with van der Waals surface area (Å²) in [6.07, 6.45) is 0.707. The van der Waals surface area contributed by atoms with Crippen LogP contribution in [0.5, 0.6) is 0 Å². The lowest BCUT2D eigenvalue weighted by Gasteiger charge is -2.13. The highest BCUT2D eigenvalue weighted by atomic mass is 32.2. The van der Waals surface area contributed by atoms with Gasteiger partial charge in [-0.15, -0.1) is 21.5 Å². The van der Waals surface area contributed by atoms with Crippen LogP contribution in [0.1, 0.15) is 31.5 Å². The molecule has 0 aliphatic rings. The van der Waals surface area contributed by atoms with Gasteiger partial charge in [-0.2, -0.15) is 0 Å². The first-order valence-electron chi connectivity index (χ1n) is 7.55. The van der Waals surface area contributed by atoms with E-state index in [1.807, 2.05) is 36.9 Å². The molecule has 0 radical (unpaired) electrons. The fourth-order valence-corrected chi connectivity index (χ4v) is 3.43. The number of hydrogen-bond donors (Lipinski definition) is 2. The summed E-state index contributed by atoms with van der Waals surface area (Å²) in [6, 6.07) is 3.54. The van der Waals surface area contributed by atoms with Gasteiger partial charge in [-0.1, -0.05) is 17.8 Å². The minimum absolute atomic E-state index is 0.0284. The van der Waals surface area contributed by atoms with Gasteiger partial charge in [0.25, 0.3) is 0 Å². The lowest BCUT2D eigenvalue weighted by atomic mass is 10.3. The lowest BCUT2D eigenvalue weighted by molar-refractivity contribution is -0.119. The van der Waals surface area contributed by atoms with E-state index in [1.54, 1.807) is 18.3 Å². The Morgan fingerprint density at radius 1 is 1.33 bits per heavy atom. The molecule has 0 saturated heterocycles. The van der Waals surface area contributed by atoms with Gasteiger partial charge in [-0.3, -0.25) is 10.1 Å². The molecule has 0 aliphatic heterocycles. The van der Waals surface area contributed by atoms with Crippen molar-refractivity contribution < 1.29 is 9.59 Å². The van der Waals surface area contributed by atoms with Crippen molar-refractivity contribution in [1.82, 2.24) is 25.4 Å². The Morgan fingerprint density at radius 3 is 2.71 bits per heavy atom. The number of amides is 3.